The summed E-state index contributed by atoms with van der Waals surface area (Å²) >= 11 is 3.61. The van der Waals surface area contributed by atoms with E-state index in [-0.39, 0.29) is 5.97 Å². The van der Waals surface area contributed by atoms with E-state index in [1.165, 1.54) is 18.2 Å². The maximum Gasteiger partial charge on any atom is 0.305 e. The first-order valence-electron chi connectivity index (χ1n) is 6.41. The van der Waals surface area contributed by atoms with Crippen molar-refractivity contribution < 1.29 is 19.0 Å². The highest BCUT2D eigenvalue weighted by Crippen LogP contribution is 2.47. The number of methoxy groups -OCH3 is 1. The van der Waals surface area contributed by atoms with Gasteiger partial charge in [-0.1, -0.05) is 0 Å². The Hall–Kier alpha value is -1.23. The molecule has 5 heteroatoms. The quantitative estimate of drug-likeness (QED) is 0.800. The molecule has 2 aliphatic heterocycles. The molecule has 4 nitrogen and oxygen atoms in total. The number of hydrogen-bond donors (Lipinski definition) is 0. The molecule has 0 saturated heterocycles. The van der Waals surface area contributed by atoms with Gasteiger partial charge in [0, 0.05) is 36.0 Å². The molecule has 3 rings (SSSR count). The summed E-state index contributed by atoms with van der Waals surface area (Å²) in [7, 11) is 1.42. The van der Waals surface area contributed by atoms with Crippen LogP contribution in [0.25, 0.3) is 0 Å². The van der Waals surface area contributed by atoms with Crippen molar-refractivity contribution in [2.75, 3.05) is 20.3 Å². The number of ether oxygens (including phenoxy) is 3. The zero-order valence-corrected chi connectivity index (χ0v) is 12.3. The molecule has 0 atom stereocenters. The predicted octanol–water partition coefficient (Wildman–Crippen LogP) is 2.42. The van der Waals surface area contributed by atoms with E-state index in [9.17, 15) is 4.79 Å². The number of halogens is 1. The molecule has 2 aliphatic rings. The highest BCUT2D eigenvalue weighted by Gasteiger charge is 2.30. The molecule has 1 aromatic carbocycles. The molecular formula is C14H15BrO4. The minimum atomic E-state index is -0.192. The molecule has 0 saturated carbocycles. The number of fused-ring (bicyclic) bond motifs is 2. The Morgan fingerprint density at radius 3 is 2.63 bits per heavy atom. The summed E-state index contributed by atoms with van der Waals surface area (Å²) in [6.45, 7) is 1.39. The molecule has 0 bridgehead atoms. The summed E-state index contributed by atoms with van der Waals surface area (Å²) < 4.78 is 17.2. The Bertz CT molecular complexity index is 504. The van der Waals surface area contributed by atoms with E-state index >= 15 is 0 Å². The second kappa shape index (κ2) is 5.04. The number of carbonyl (C=O) groups excluding carboxylic acids is 1. The molecule has 0 amide bonds. The van der Waals surface area contributed by atoms with E-state index in [1.54, 1.807) is 0 Å². The molecule has 2 heterocycles. The zero-order valence-electron chi connectivity index (χ0n) is 10.8. The summed E-state index contributed by atoms with van der Waals surface area (Å²) in [6.07, 6.45) is 2.78. The van der Waals surface area contributed by atoms with Crippen molar-refractivity contribution in [2.24, 2.45) is 0 Å². The molecule has 0 radical (unpaired) electrons. The van der Waals surface area contributed by atoms with Crippen molar-refractivity contribution >= 4 is 21.9 Å². The van der Waals surface area contributed by atoms with Crippen molar-refractivity contribution in [1.29, 1.82) is 0 Å². The third-order valence-corrected chi connectivity index (χ3v) is 4.49. The molecule has 0 N–H and O–H groups in total. The van der Waals surface area contributed by atoms with Crippen LogP contribution in [0.2, 0.25) is 0 Å². The fourth-order valence-electron chi connectivity index (χ4n) is 2.74. The Labute approximate surface area is 120 Å². The standard InChI is InChI=1S/C14H15BrO4/c1-17-11(16)3-2-8-9-4-6-19-14(9)12(15)10-5-7-18-13(8)10/h2-7H2,1H3. The van der Waals surface area contributed by atoms with Gasteiger partial charge in [-0.15, -0.1) is 0 Å². The summed E-state index contributed by atoms with van der Waals surface area (Å²) in [4.78, 5) is 11.3. The number of hydrogen-bond acceptors (Lipinski definition) is 4. The van der Waals surface area contributed by atoms with Crippen LogP contribution in [0, 0.1) is 0 Å². The van der Waals surface area contributed by atoms with Crippen molar-refractivity contribution in [3.05, 3.63) is 21.2 Å². The van der Waals surface area contributed by atoms with Gasteiger partial charge in [-0.25, -0.2) is 0 Å². The molecular weight excluding hydrogens is 312 g/mol. The second-order valence-electron chi connectivity index (χ2n) is 4.68. The van der Waals surface area contributed by atoms with Gasteiger partial charge in [-0.05, 0) is 22.4 Å². The molecule has 0 spiro atoms. The average Bonchev–Trinajstić information content (AvgIpc) is 3.06. The van der Waals surface area contributed by atoms with E-state index in [2.05, 4.69) is 15.9 Å². The van der Waals surface area contributed by atoms with Crippen molar-refractivity contribution in [3.63, 3.8) is 0 Å². The first-order valence-corrected chi connectivity index (χ1v) is 7.20. The van der Waals surface area contributed by atoms with Gasteiger partial charge >= 0.3 is 5.97 Å². The van der Waals surface area contributed by atoms with Gasteiger partial charge < -0.3 is 14.2 Å². The number of carbonyl (C=O) groups is 1. The highest BCUT2D eigenvalue weighted by molar-refractivity contribution is 9.10. The normalized spacial score (nSPS) is 15.5. The van der Waals surface area contributed by atoms with Gasteiger partial charge in [0.1, 0.15) is 11.5 Å². The zero-order chi connectivity index (χ0) is 13.4. The number of benzene rings is 1. The number of esters is 1. The highest BCUT2D eigenvalue weighted by atomic mass is 79.9. The third-order valence-electron chi connectivity index (χ3n) is 3.65. The fourth-order valence-corrected chi connectivity index (χ4v) is 3.47. The third kappa shape index (κ3) is 2.10. The smallest absolute Gasteiger partial charge is 0.305 e. The van der Waals surface area contributed by atoms with E-state index in [4.69, 9.17) is 14.2 Å². The second-order valence-corrected chi connectivity index (χ2v) is 5.47. The summed E-state index contributed by atoms with van der Waals surface area (Å²) in [5.41, 5.74) is 3.46. The minimum Gasteiger partial charge on any atom is -0.493 e. The predicted molar refractivity (Wildman–Crippen MR) is 72.9 cm³/mol. The fraction of sp³-hybridized carbons (Fsp3) is 0.500. The summed E-state index contributed by atoms with van der Waals surface area (Å²) in [5, 5.41) is 0. The van der Waals surface area contributed by atoms with Gasteiger partial charge in [0.05, 0.1) is 24.8 Å². The van der Waals surface area contributed by atoms with Crippen molar-refractivity contribution in [2.45, 2.75) is 25.7 Å². The summed E-state index contributed by atoms with van der Waals surface area (Å²) in [6, 6.07) is 0. The number of rotatable bonds is 3. The lowest BCUT2D eigenvalue weighted by molar-refractivity contribution is -0.140. The van der Waals surface area contributed by atoms with Crippen molar-refractivity contribution in [3.8, 4) is 11.5 Å². The van der Waals surface area contributed by atoms with E-state index in [1.807, 2.05) is 0 Å². The van der Waals surface area contributed by atoms with Gasteiger partial charge in [0.15, 0.2) is 0 Å². The Kier molecular flexibility index (Phi) is 3.39. The van der Waals surface area contributed by atoms with E-state index < -0.39 is 0 Å². The van der Waals surface area contributed by atoms with Crippen LogP contribution in [0.15, 0.2) is 4.47 Å². The molecule has 0 unspecified atom stereocenters. The Morgan fingerprint density at radius 2 is 1.89 bits per heavy atom. The maximum absolute atomic E-state index is 11.3. The van der Waals surface area contributed by atoms with E-state index in [0.29, 0.717) is 26.1 Å². The topological polar surface area (TPSA) is 44.8 Å². The van der Waals surface area contributed by atoms with Crippen LogP contribution in [0.5, 0.6) is 11.5 Å². The SMILES string of the molecule is COC(=O)CCc1c2c(c(Br)c3c1OCC3)OCC2. The largest absolute Gasteiger partial charge is 0.493 e. The first-order chi connectivity index (χ1) is 9.22. The van der Waals surface area contributed by atoms with Gasteiger partial charge in [0.25, 0.3) is 0 Å². The van der Waals surface area contributed by atoms with Crippen LogP contribution in [0.3, 0.4) is 0 Å². The monoisotopic (exact) mass is 326 g/mol. The van der Waals surface area contributed by atoms with Crippen LogP contribution >= 0.6 is 15.9 Å². The first kappa shape index (κ1) is 12.8. The van der Waals surface area contributed by atoms with Crippen LogP contribution in [-0.4, -0.2) is 26.3 Å². The molecule has 1 aromatic rings. The lowest BCUT2D eigenvalue weighted by Gasteiger charge is -2.14. The molecule has 102 valence electrons. The van der Waals surface area contributed by atoms with E-state index in [0.717, 1.165) is 34.4 Å². The van der Waals surface area contributed by atoms with Crippen LogP contribution < -0.4 is 9.47 Å². The molecule has 0 aromatic heterocycles. The van der Waals surface area contributed by atoms with Gasteiger partial charge in [-0.3, -0.25) is 4.79 Å². The minimum absolute atomic E-state index is 0.192. The Morgan fingerprint density at radius 1 is 1.21 bits per heavy atom. The Balaban J connectivity index is 2.01. The van der Waals surface area contributed by atoms with Crippen LogP contribution in [-0.2, 0) is 28.8 Å². The van der Waals surface area contributed by atoms with Gasteiger partial charge in [-0.2, -0.15) is 0 Å². The molecule has 19 heavy (non-hydrogen) atoms. The summed E-state index contributed by atoms with van der Waals surface area (Å²) in [5.74, 6) is 1.69. The lowest BCUT2D eigenvalue weighted by atomic mass is 9.96. The lowest BCUT2D eigenvalue weighted by Crippen LogP contribution is -2.05. The molecule has 0 fully saturated rings. The van der Waals surface area contributed by atoms with Gasteiger partial charge in [0.2, 0.25) is 0 Å². The van der Waals surface area contributed by atoms with Crippen LogP contribution in [0.1, 0.15) is 23.1 Å². The molecule has 0 aliphatic carbocycles. The van der Waals surface area contributed by atoms with Crippen LogP contribution in [0.4, 0.5) is 0 Å². The maximum atomic E-state index is 11.3. The van der Waals surface area contributed by atoms with Crippen molar-refractivity contribution in [1.82, 2.24) is 0 Å². The average molecular weight is 327 g/mol.